The first kappa shape index (κ1) is 10.3. The Labute approximate surface area is 104 Å². The molecule has 0 atom stereocenters. The van der Waals surface area contributed by atoms with Crippen molar-refractivity contribution in [3.05, 3.63) is 34.3 Å². The second kappa shape index (κ2) is 3.88. The normalized spacial score (nSPS) is 17.4. The van der Waals surface area contributed by atoms with Gasteiger partial charge in [0.25, 0.3) is 0 Å². The highest BCUT2D eigenvalue weighted by molar-refractivity contribution is 9.10. The number of halogens is 1. The van der Waals surface area contributed by atoms with Crippen molar-refractivity contribution in [2.75, 3.05) is 0 Å². The molecule has 1 aliphatic carbocycles. The van der Waals surface area contributed by atoms with Gasteiger partial charge in [0.2, 0.25) is 0 Å². The van der Waals surface area contributed by atoms with Crippen LogP contribution in [0, 0.1) is 6.92 Å². The highest BCUT2D eigenvalue weighted by Crippen LogP contribution is 2.34. The van der Waals surface area contributed by atoms with Crippen molar-refractivity contribution in [2.45, 2.75) is 38.5 Å². The van der Waals surface area contributed by atoms with Crippen LogP contribution in [-0.2, 0) is 0 Å². The summed E-state index contributed by atoms with van der Waals surface area (Å²) in [5.74, 6) is 1.92. The van der Waals surface area contributed by atoms with Crippen LogP contribution in [0.5, 0.6) is 0 Å². The number of aromatic nitrogens is 2. The maximum absolute atomic E-state index is 4.76. The van der Waals surface area contributed by atoms with E-state index in [1.807, 2.05) is 0 Å². The van der Waals surface area contributed by atoms with Crippen LogP contribution in [0.1, 0.15) is 43.1 Å². The lowest BCUT2D eigenvalue weighted by atomic mass is 10.1. The second-order valence-corrected chi connectivity index (χ2v) is 5.56. The highest BCUT2D eigenvalue weighted by atomic mass is 79.9. The van der Waals surface area contributed by atoms with Crippen LogP contribution in [0.15, 0.2) is 22.8 Å². The first-order chi connectivity index (χ1) is 7.75. The van der Waals surface area contributed by atoms with Gasteiger partial charge in [0.15, 0.2) is 0 Å². The smallest absolute Gasteiger partial charge is 0.116 e. The third-order valence-electron chi connectivity index (χ3n) is 3.53. The van der Waals surface area contributed by atoms with E-state index in [2.05, 4.69) is 45.6 Å². The Kier molecular flexibility index (Phi) is 2.51. The molecule has 2 aromatic heterocycles. The number of aryl methyl sites for hydroxylation is 1. The van der Waals surface area contributed by atoms with Crippen molar-refractivity contribution in [1.82, 2.24) is 9.38 Å². The van der Waals surface area contributed by atoms with Gasteiger partial charge in [-0.25, -0.2) is 4.98 Å². The van der Waals surface area contributed by atoms with Crippen molar-refractivity contribution < 1.29 is 0 Å². The predicted molar refractivity (Wildman–Crippen MR) is 68.8 cm³/mol. The van der Waals surface area contributed by atoms with E-state index >= 15 is 0 Å². The molecule has 3 heteroatoms. The number of pyridine rings is 1. The Morgan fingerprint density at radius 1 is 1.31 bits per heavy atom. The molecule has 0 saturated heterocycles. The standard InChI is InChI=1S/C13H15BrN2/c1-9-12-7-6-11(14)8-16(12)13(15-9)10-4-2-3-5-10/h6-8,10H,2-5H2,1H3. The molecule has 0 unspecified atom stereocenters. The van der Waals surface area contributed by atoms with Crippen molar-refractivity contribution in [3.8, 4) is 0 Å². The van der Waals surface area contributed by atoms with Gasteiger partial charge in [0, 0.05) is 16.6 Å². The summed E-state index contributed by atoms with van der Waals surface area (Å²) in [5.41, 5.74) is 2.39. The van der Waals surface area contributed by atoms with Crippen LogP contribution >= 0.6 is 15.9 Å². The molecular weight excluding hydrogens is 264 g/mol. The minimum atomic E-state index is 0.662. The van der Waals surface area contributed by atoms with Gasteiger partial charge in [0.05, 0.1) is 11.2 Å². The fraction of sp³-hybridized carbons (Fsp3) is 0.462. The molecule has 2 nitrogen and oxygen atoms in total. The average Bonchev–Trinajstić information content (AvgIpc) is 2.86. The Hall–Kier alpha value is -0.830. The molecule has 0 spiro atoms. The van der Waals surface area contributed by atoms with Gasteiger partial charge in [-0.05, 0) is 47.8 Å². The number of nitrogens with zero attached hydrogens (tertiary/aromatic N) is 2. The molecule has 2 aromatic rings. The zero-order chi connectivity index (χ0) is 11.1. The van der Waals surface area contributed by atoms with E-state index in [1.54, 1.807) is 0 Å². The van der Waals surface area contributed by atoms with Crippen molar-refractivity contribution in [1.29, 1.82) is 0 Å². The quantitative estimate of drug-likeness (QED) is 0.769. The molecule has 1 saturated carbocycles. The van der Waals surface area contributed by atoms with Crippen LogP contribution in [0.4, 0.5) is 0 Å². The molecule has 0 N–H and O–H groups in total. The topological polar surface area (TPSA) is 17.3 Å². The largest absolute Gasteiger partial charge is 0.302 e. The minimum Gasteiger partial charge on any atom is -0.302 e. The van der Waals surface area contributed by atoms with E-state index in [0.29, 0.717) is 5.92 Å². The number of hydrogen-bond donors (Lipinski definition) is 0. The van der Waals surface area contributed by atoms with Gasteiger partial charge >= 0.3 is 0 Å². The number of imidazole rings is 1. The summed E-state index contributed by atoms with van der Waals surface area (Å²) in [5, 5.41) is 0. The Morgan fingerprint density at radius 2 is 2.06 bits per heavy atom. The number of fused-ring (bicyclic) bond motifs is 1. The van der Waals surface area contributed by atoms with E-state index < -0.39 is 0 Å². The molecule has 1 aliphatic rings. The van der Waals surface area contributed by atoms with Crippen molar-refractivity contribution >= 4 is 21.4 Å². The first-order valence-electron chi connectivity index (χ1n) is 5.90. The summed E-state index contributed by atoms with van der Waals surface area (Å²) >= 11 is 3.54. The molecule has 0 radical (unpaired) electrons. The fourth-order valence-electron chi connectivity index (χ4n) is 2.71. The zero-order valence-corrected chi connectivity index (χ0v) is 11.0. The van der Waals surface area contributed by atoms with Gasteiger partial charge < -0.3 is 4.40 Å². The predicted octanol–water partition coefficient (Wildman–Crippen LogP) is 4.06. The third-order valence-corrected chi connectivity index (χ3v) is 4.00. The van der Waals surface area contributed by atoms with E-state index in [0.717, 1.165) is 10.2 Å². The van der Waals surface area contributed by atoms with Crippen LogP contribution in [-0.4, -0.2) is 9.38 Å². The summed E-state index contributed by atoms with van der Waals surface area (Å²) in [6.07, 6.45) is 7.44. The van der Waals surface area contributed by atoms with Crippen molar-refractivity contribution in [2.24, 2.45) is 0 Å². The lowest BCUT2D eigenvalue weighted by molar-refractivity contribution is 0.663. The van der Waals surface area contributed by atoms with E-state index in [9.17, 15) is 0 Å². The van der Waals surface area contributed by atoms with Gasteiger partial charge in [-0.15, -0.1) is 0 Å². The average molecular weight is 279 g/mol. The fourth-order valence-corrected chi connectivity index (χ4v) is 3.05. The van der Waals surface area contributed by atoms with Crippen LogP contribution in [0.25, 0.3) is 5.52 Å². The molecule has 0 amide bonds. The van der Waals surface area contributed by atoms with Gasteiger partial charge in [-0.2, -0.15) is 0 Å². The summed E-state index contributed by atoms with van der Waals surface area (Å²) in [7, 11) is 0. The first-order valence-corrected chi connectivity index (χ1v) is 6.69. The highest BCUT2D eigenvalue weighted by Gasteiger charge is 2.22. The molecule has 0 aromatic carbocycles. The maximum Gasteiger partial charge on any atom is 0.116 e. The summed E-state index contributed by atoms with van der Waals surface area (Å²) in [4.78, 5) is 4.76. The Morgan fingerprint density at radius 3 is 2.81 bits per heavy atom. The lowest BCUT2D eigenvalue weighted by Crippen LogP contribution is -1.99. The molecular formula is C13H15BrN2. The summed E-state index contributed by atoms with van der Waals surface area (Å²) in [6.45, 7) is 2.10. The van der Waals surface area contributed by atoms with Crippen molar-refractivity contribution in [3.63, 3.8) is 0 Å². The van der Waals surface area contributed by atoms with Gasteiger partial charge in [0.1, 0.15) is 5.82 Å². The molecule has 16 heavy (non-hydrogen) atoms. The minimum absolute atomic E-state index is 0.662. The SMILES string of the molecule is Cc1nc(C2CCCC2)n2cc(Br)ccc12. The van der Waals surface area contributed by atoms with Gasteiger partial charge in [-0.1, -0.05) is 12.8 Å². The second-order valence-electron chi connectivity index (χ2n) is 4.64. The number of rotatable bonds is 1. The number of hydrogen-bond acceptors (Lipinski definition) is 1. The van der Waals surface area contributed by atoms with E-state index in [4.69, 9.17) is 4.98 Å². The van der Waals surface area contributed by atoms with E-state index in [-0.39, 0.29) is 0 Å². The molecule has 2 heterocycles. The van der Waals surface area contributed by atoms with Crippen LogP contribution < -0.4 is 0 Å². The third kappa shape index (κ3) is 1.58. The molecule has 3 rings (SSSR count). The molecule has 1 fully saturated rings. The van der Waals surface area contributed by atoms with Gasteiger partial charge in [-0.3, -0.25) is 0 Å². The van der Waals surface area contributed by atoms with Crippen LogP contribution in [0.3, 0.4) is 0 Å². The monoisotopic (exact) mass is 278 g/mol. The lowest BCUT2D eigenvalue weighted by Gasteiger charge is -2.07. The maximum atomic E-state index is 4.76. The van der Waals surface area contributed by atoms with Crippen LogP contribution in [0.2, 0.25) is 0 Å². The molecule has 0 bridgehead atoms. The molecule has 0 aliphatic heterocycles. The Balaban J connectivity index is 2.19. The molecule has 84 valence electrons. The van der Waals surface area contributed by atoms with E-state index in [1.165, 1.54) is 37.0 Å². The summed E-state index contributed by atoms with van der Waals surface area (Å²) in [6, 6.07) is 4.23. The Bertz CT molecular complexity index is 524. The summed E-state index contributed by atoms with van der Waals surface area (Å²) < 4.78 is 3.38. The zero-order valence-electron chi connectivity index (χ0n) is 9.41.